The van der Waals surface area contributed by atoms with Crippen LogP contribution in [0.3, 0.4) is 0 Å². The summed E-state index contributed by atoms with van der Waals surface area (Å²) >= 11 is 0. The van der Waals surface area contributed by atoms with E-state index in [1.165, 1.54) is 26.2 Å². The van der Waals surface area contributed by atoms with Gasteiger partial charge in [-0.05, 0) is 32.9 Å². The Labute approximate surface area is 155 Å². The Morgan fingerprint density at radius 3 is 2.52 bits per heavy atom. The number of ether oxygens (including phenoxy) is 2. The molecule has 0 fully saturated rings. The van der Waals surface area contributed by atoms with Crippen molar-refractivity contribution in [3.8, 4) is 5.75 Å². The third-order valence-corrected chi connectivity index (χ3v) is 4.02. The summed E-state index contributed by atoms with van der Waals surface area (Å²) in [7, 11) is 3.03. The lowest BCUT2D eigenvalue weighted by Crippen LogP contribution is -2.30. The molecule has 0 spiro atoms. The molecular formula is C17H20N4O6. The van der Waals surface area contributed by atoms with E-state index < -0.39 is 22.9 Å². The number of hydrogen-bond donors (Lipinski definition) is 1. The van der Waals surface area contributed by atoms with Crippen LogP contribution in [-0.2, 0) is 16.6 Å². The van der Waals surface area contributed by atoms with E-state index in [0.717, 1.165) is 11.8 Å². The Kier molecular flexibility index (Phi) is 5.78. The van der Waals surface area contributed by atoms with E-state index in [1.807, 2.05) is 0 Å². The summed E-state index contributed by atoms with van der Waals surface area (Å²) in [5, 5.41) is 17.9. The number of methoxy groups -OCH3 is 1. The van der Waals surface area contributed by atoms with Gasteiger partial charge in [0.1, 0.15) is 0 Å². The predicted octanol–water partition coefficient (Wildman–Crippen LogP) is 2.14. The van der Waals surface area contributed by atoms with Crippen molar-refractivity contribution < 1.29 is 24.0 Å². The van der Waals surface area contributed by atoms with Gasteiger partial charge in [0.25, 0.3) is 5.91 Å². The number of nitro benzene ring substituents is 1. The van der Waals surface area contributed by atoms with E-state index in [4.69, 9.17) is 9.47 Å². The molecule has 1 N–H and O–H groups in total. The van der Waals surface area contributed by atoms with Crippen molar-refractivity contribution in [2.75, 3.05) is 12.4 Å². The Hall–Kier alpha value is -3.43. The highest BCUT2D eigenvalue weighted by Gasteiger charge is 2.24. The number of hydrogen-bond acceptors (Lipinski definition) is 7. The van der Waals surface area contributed by atoms with Crippen LogP contribution in [0.25, 0.3) is 0 Å². The number of amides is 1. The summed E-state index contributed by atoms with van der Waals surface area (Å²) in [4.78, 5) is 34.9. The van der Waals surface area contributed by atoms with Crippen LogP contribution in [0.2, 0.25) is 0 Å². The van der Waals surface area contributed by atoms with E-state index >= 15 is 0 Å². The van der Waals surface area contributed by atoms with Gasteiger partial charge in [-0.1, -0.05) is 0 Å². The standard InChI is InChI=1S/C17H20N4O6/c1-9-15(10(2)20(4)19-9)18-16(22)11(3)27-17(23)12-6-7-14(26-5)13(8-12)21(24)25/h6-8,11H,1-5H3,(H,18,22)/t11-/m0/s1. The van der Waals surface area contributed by atoms with E-state index in [2.05, 4.69) is 10.4 Å². The fraction of sp³-hybridized carbons (Fsp3) is 0.353. The molecule has 0 saturated carbocycles. The minimum atomic E-state index is -1.11. The molecule has 0 radical (unpaired) electrons. The molecule has 0 unspecified atom stereocenters. The maximum atomic E-state index is 12.3. The molecule has 10 heteroatoms. The van der Waals surface area contributed by atoms with Gasteiger partial charge in [0.2, 0.25) is 0 Å². The second-order valence-corrected chi connectivity index (χ2v) is 5.85. The number of nitro groups is 1. The first-order valence-corrected chi connectivity index (χ1v) is 8.00. The monoisotopic (exact) mass is 376 g/mol. The summed E-state index contributed by atoms with van der Waals surface area (Å²) in [6.45, 7) is 4.95. The maximum Gasteiger partial charge on any atom is 0.339 e. The first-order chi connectivity index (χ1) is 12.6. The summed E-state index contributed by atoms with van der Waals surface area (Å²) in [5.41, 5.74) is 1.50. The molecule has 1 heterocycles. The van der Waals surface area contributed by atoms with Crippen molar-refractivity contribution in [2.45, 2.75) is 26.9 Å². The van der Waals surface area contributed by atoms with Gasteiger partial charge in [-0.3, -0.25) is 19.6 Å². The fourth-order valence-electron chi connectivity index (χ4n) is 2.42. The average molecular weight is 376 g/mol. The molecule has 10 nitrogen and oxygen atoms in total. The summed E-state index contributed by atoms with van der Waals surface area (Å²) < 4.78 is 11.6. The zero-order chi connectivity index (χ0) is 20.3. The van der Waals surface area contributed by atoms with Crippen LogP contribution in [0.5, 0.6) is 5.75 Å². The van der Waals surface area contributed by atoms with Crippen molar-refractivity contribution in [3.63, 3.8) is 0 Å². The minimum absolute atomic E-state index is 0.0184. The molecule has 2 aromatic rings. The molecule has 1 atom stereocenters. The van der Waals surface area contributed by atoms with E-state index in [1.54, 1.807) is 25.6 Å². The first kappa shape index (κ1) is 19.9. The number of rotatable bonds is 6. The third-order valence-electron chi connectivity index (χ3n) is 4.02. The van der Waals surface area contributed by atoms with Gasteiger partial charge >= 0.3 is 11.7 Å². The number of carbonyl (C=O) groups is 2. The molecule has 0 aliphatic carbocycles. The van der Waals surface area contributed by atoms with Crippen molar-refractivity contribution in [3.05, 3.63) is 45.3 Å². The van der Waals surface area contributed by atoms with Crippen LogP contribution in [0, 0.1) is 24.0 Å². The molecule has 144 valence electrons. The number of carbonyl (C=O) groups excluding carboxylic acids is 2. The van der Waals surface area contributed by atoms with Gasteiger partial charge < -0.3 is 14.8 Å². The Morgan fingerprint density at radius 2 is 2.00 bits per heavy atom. The highest BCUT2D eigenvalue weighted by Crippen LogP contribution is 2.28. The highest BCUT2D eigenvalue weighted by atomic mass is 16.6. The molecule has 0 bridgehead atoms. The third kappa shape index (κ3) is 4.22. The molecule has 1 aromatic heterocycles. The van der Waals surface area contributed by atoms with Gasteiger partial charge in [-0.2, -0.15) is 5.10 Å². The lowest BCUT2D eigenvalue weighted by Gasteiger charge is -2.14. The molecule has 1 aromatic carbocycles. The van der Waals surface area contributed by atoms with Gasteiger partial charge in [-0.25, -0.2) is 4.79 Å². The first-order valence-electron chi connectivity index (χ1n) is 8.00. The SMILES string of the molecule is COc1ccc(C(=O)O[C@@H](C)C(=O)Nc2c(C)nn(C)c2C)cc1[N+](=O)[O-]. The van der Waals surface area contributed by atoms with Crippen molar-refractivity contribution in [2.24, 2.45) is 7.05 Å². The molecule has 0 saturated heterocycles. The number of aryl methyl sites for hydroxylation is 2. The van der Waals surface area contributed by atoms with Gasteiger partial charge in [0, 0.05) is 13.1 Å². The smallest absolute Gasteiger partial charge is 0.339 e. The second kappa shape index (κ2) is 7.85. The van der Waals surface area contributed by atoms with Crippen molar-refractivity contribution in [1.29, 1.82) is 0 Å². The largest absolute Gasteiger partial charge is 0.490 e. The van der Waals surface area contributed by atoms with Crippen LogP contribution in [0.1, 0.15) is 28.7 Å². The Bertz CT molecular complexity index is 905. The zero-order valence-electron chi connectivity index (χ0n) is 15.6. The van der Waals surface area contributed by atoms with E-state index in [0.29, 0.717) is 11.4 Å². The number of benzene rings is 1. The molecular weight excluding hydrogens is 356 g/mol. The lowest BCUT2D eigenvalue weighted by atomic mass is 10.2. The van der Waals surface area contributed by atoms with Crippen LogP contribution in [-0.4, -0.2) is 39.8 Å². The van der Waals surface area contributed by atoms with Crippen LogP contribution in [0.4, 0.5) is 11.4 Å². The van der Waals surface area contributed by atoms with Crippen LogP contribution >= 0.6 is 0 Å². The average Bonchev–Trinajstić information content (AvgIpc) is 2.86. The van der Waals surface area contributed by atoms with Crippen molar-refractivity contribution >= 4 is 23.3 Å². The number of esters is 1. The number of aromatic nitrogens is 2. The summed E-state index contributed by atoms with van der Waals surface area (Å²) in [6.07, 6.45) is -1.11. The highest BCUT2D eigenvalue weighted by molar-refractivity contribution is 5.98. The van der Waals surface area contributed by atoms with Crippen LogP contribution < -0.4 is 10.1 Å². The van der Waals surface area contributed by atoms with E-state index in [-0.39, 0.29) is 17.0 Å². The molecule has 27 heavy (non-hydrogen) atoms. The number of nitrogens with one attached hydrogen (secondary N) is 1. The van der Waals surface area contributed by atoms with Crippen molar-refractivity contribution in [1.82, 2.24) is 9.78 Å². The second-order valence-electron chi connectivity index (χ2n) is 5.85. The maximum absolute atomic E-state index is 12.3. The molecule has 1 amide bonds. The van der Waals surface area contributed by atoms with Gasteiger partial charge in [-0.15, -0.1) is 0 Å². The molecule has 2 rings (SSSR count). The summed E-state index contributed by atoms with van der Waals surface area (Å²) in [5.74, 6) is -1.38. The van der Waals surface area contributed by atoms with E-state index in [9.17, 15) is 19.7 Å². The molecule has 0 aliphatic heterocycles. The predicted molar refractivity (Wildman–Crippen MR) is 95.8 cm³/mol. The minimum Gasteiger partial charge on any atom is -0.490 e. The topological polar surface area (TPSA) is 126 Å². The fourth-order valence-corrected chi connectivity index (χ4v) is 2.42. The summed E-state index contributed by atoms with van der Waals surface area (Å²) in [6, 6.07) is 3.66. The number of nitrogens with zero attached hydrogens (tertiary/aromatic N) is 3. The Morgan fingerprint density at radius 1 is 1.33 bits per heavy atom. The number of anilines is 1. The molecule has 0 aliphatic rings. The Balaban J connectivity index is 2.12. The lowest BCUT2D eigenvalue weighted by molar-refractivity contribution is -0.385. The quantitative estimate of drug-likeness (QED) is 0.465. The normalized spacial score (nSPS) is 11.6. The van der Waals surface area contributed by atoms with Crippen LogP contribution in [0.15, 0.2) is 18.2 Å². The zero-order valence-corrected chi connectivity index (χ0v) is 15.6. The van der Waals surface area contributed by atoms with Gasteiger partial charge in [0.05, 0.1) is 34.7 Å². The van der Waals surface area contributed by atoms with Gasteiger partial charge in [0.15, 0.2) is 11.9 Å².